The Hall–Kier alpha value is -5.30. The van der Waals surface area contributed by atoms with Crippen LogP contribution in [0.1, 0.15) is 18.1 Å². The van der Waals surface area contributed by atoms with E-state index in [2.05, 4.69) is 10.6 Å². The number of para-hydroxylation sites is 2. The predicted octanol–water partition coefficient (Wildman–Crippen LogP) is 7.16. The van der Waals surface area contributed by atoms with Gasteiger partial charge in [-0.2, -0.15) is 0 Å². The van der Waals surface area contributed by atoms with Crippen molar-refractivity contribution in [1.82, 2.24) is 0 Å². The summed E-state index contributed by atoms with van der Waals surface area (Å²) in [5.74, 6) is -0.230. The normalized spacial score (nSPS) is 11.9. The number of hydrogen-bond acceptors (Lipinski definition) is 5. The average molecular weight is 518 g/mol. The fourth-order valence-electron chi connectivity index (χ4n) is 4.51. The van der Waals surface area contributed by atoms with Crippen LogP contribution in [0.5, 0.6) is 5.75 Å². The zero-order valence-electron chi connectivity index (χ0n) is 21.0. The number of ether oxygens (including phenoxy) is 1. The SMILES string of the molecule is Nc1ccccc1NC(=O)/C=C/C[C@@H](OC(=O)Nc1cccc2ccccc12)c1ccc(O)c2ccccc12. The average Bonchev–Trinajstić information content (AvgIpc) is 2.94. The fourth-order valence-corrected chi connectivity index (χ4v) is 4.51. The quantitative estimate of drug-likeness (QED) is 0.135. The number of nitrogens with one attached hydrogen (secondary N) is 2. The first-order valence-corrected chi connectivity index (χ1v) is 12.5. The van der Waals surface area contributed by atoms with Gasteiger partial charge < -0.3 is 20.9 Å². The molecule has 7 heteroatoms. The van der Waals surface area contributed by atoms with E-state index in [0.717, 1.165) is 16.2 Å². The Labute approximate surface area is 225 Å². The molecule has 0 aromatic heterocycles. The summed E-state index contributed by atoms with van der Waals surface area (Å²) < 4.78 is 5.92. The summed E-state index contributed by atoms with van der Waals surface area (Å²) in [6.45, 7) is 0. The third-order valence-electron chi connectivity index (χ3n) is 6.40. The van der Waals surface area contributed by atoms with Crippen molar-refractivity contribution in [3.8, 4) is 5.75 Å². The van der Waals surface area contributed by atoms with Gasteiger partial charge in [0.2, 0.25) is 5.91 Å². The number of amides is 2. The molecule has 0 saturated carbocycles. The van der Waals surface area contributed by atoms with Gasteiger partial charge in [0.05, 0.1) is 17.1 Å². The van der Waals surface area contributed by atoms with Crippen LogP contribution in [0.3, 0.4) is 0 Å². The van der Waals surface area contributed by atoms with Crippen LogP contribution in [0.15, 0.2) is 115 Å². The maximum atomic E-state index is 13.1. The van der Waals surface area contributed by atoms with Crippen molar-refractivity contribution in [1.29, 1.82) is 0 Å². The highest BCUT2D eigenvalue weighted by molar-refractivity contribution is 6.01. The van der Waals surface area contributed by atoms with E-state index in [4.69, 9.17) is 10.5 Å². The molecule has 5 aromatic carbocycles. The van der Waals surface area contributed by atoms with Crippen LogP contribution in [-0.4, -0.2) is 17.1 Å². The molecule has 0 aliphatic rings. The minimum absolute atomic E-state index is 0.128. The Morgan fingerprint density at radius 1 is 0.769 bits per heavy atom. The maximum absolute atomic E-state index is 13.1. The number of phenolic OH excluding ortho intramolecular Hbond substituents is 1. The summed E-state index contributed by atoms with van der Waals surface area (Å²) in [4.78, 5) is 25.6. The van der Waals surface area contributed by atoms with E-state index in [1.165, 1.54) is 6.08 Å². The van der Waals surface area contributed by atoms with E-state index in [9.17, 15) is 14.7 Å². The molecule has 7 nitrogen and oxygen atoms in total. The molecule has 0 spiro atoms. The third-order valence-corrected chi connectivity index (χ3v) is 6.40. The molecule has 5 aromatic rings. The van der Waals surface area contributed by atoms with Gasteiger partial charge in [-0.25, -0.2) is 4.79 Å². The second-order valence-electron chi connectivity index (χ2n) is 8.98. The van der Waals surface area contributed by atoms with Crippen LogP contribution < -0.4 is 16.4 Å². The summed E-state index contributed by atoms with van der Waals surface area (Å²) in [6.07, 6.45) is 1.87. The Morgan fingerprint density at radius 2 is 1.44 bits per heavy atom. The lowest BCUT2D eigenvalue weighted by molar-refractivity contribution is -0.111. The van der Waals surface area contributed by atoms with Crippen molar-refractivity contribution in [2.75, 3.05) is 16.4 Å². The summed E-state index contributed by atoms with van der Waals surface area (Å²) in [6, 6.07) is 31.0. The van der Waals surface area contributed by atoms with Crippen molar-refractivity contribution in [2.45, 2.75) is 12.5 Å². The molecule has 0 unspecified atom stereocenters. The second-order valence-corrected chi connectivity index (χ2v) is 8.98. The Morgan fingerprint density at radius 3 is 2.26 bits per heavy atom. The number of hydrogen-bond donors (Lipinski definition) is 4. The van der Waals surface area contributed by atoms with Crippen LogP contribution in [0, 0.1) is 0 Å². The van der Waals surface area contributed by atoms with E-state index in [1.807, 2.05) is 60.7 Å². The highest BCUT2D eigenvalue weighted by Crippen LogP contribution is 2.34. The largest absolute Gasteiger partial charge is 0.507 e. The van der Waals surface area contributed by atoms with Crippen molar-refractivity contribution in [3.63, 3.8) is 0 Å². The van der Waals surface area contributed by atoms with Gasteiger partial charge >= 0.3 is 6.09 Å². The molecule has 194 valence electrons. The van der Waals surface area contributed by atoms with E-state index in [0.29, 0.717) is 28.0 Å². The zero-order chi connectivity index (χ0) is 27.2. The molecule has 0 saturated heterocycles. The van der Waals surface area contributed by atoms with Gasteiger partial charge in [0, 0.05) is 22.8 Å². The first-order valence-electron chi connectivity index (χ1n) is 12.5. The molecule has 1 atom stereocenters. The van der Waals surface area contributed by atoms with Crippen LogP contribution >= 0.6 is 0 Å². The van der Waals surface area contributed by atoms with Crippen LogP contribution in [-0.2, 0) is 9.53 Å². The number of aromatic hydroxyl groups is 1. The highest BCUT2D eigenvalue weighted by atomic mass is 16.6. The van der Waals surface area contributed by atoms with Crippen molar-refractivity contribution >= 4 is 50.6 Å². The lowest BCUT2D eigenvalue weighted by Gasteiger charge is -2.20. The van der Waals surface area contributed by atoms with Gasteiger partial charge in [-0.15, -0.1) is 0 Å². The Kier molecular flexibility index (Phi) is 7.41. The van der Waals surface area contributed by atoms with Crippen LogP contribution in [0.2, 0.25) is 0 Å². The fraction of sp³-hybridized carbons (Fsp3) is 0.0625. The summed E-state index contributed by atoms with van der Waals surface area (Å²) in [5, 5.41) is 19.2. The van der Waals surface area contributed by atoms with Gasteiger partial charge in [-0.1, -0.05) is 84.9 Å². The molecule has 0 radical (unpaired) electrons. The molecule has 2 amide bonds. The number of nitrogen functional groups attached to an aromatic ring is 1. The summed E-state index contributed by atoms with van der Waals surface area (Å²) in [5.41, 5.74) is 8.22. The number of rotatable bonds is 7. The van der Waals surface area contributed by atoms with Gasteiger partial charge in [0.15, 0.2) is 0 Å². The zero-order valence-corrected chi connectivity index (χ0v) is 21.0. The third kappa shape index (κ3) is 5.83. The van der Waals surface area contributed by atoms with E-state index < -0.39 is 12.2 Å². The number of carbonyl (C=O) groups is 2. The lowest BCUT2D eigenvalue weighted by atomic mass is 9.97. The monoisotopic (exact) mass is 517 g/mol. The summed E-state index contributed by atoms with van der Waals surface area (Å²) >= 11 is 0. The van der Waals surface area contributed by atoms with E-state index in [-0.39, 0.29) is 18.1 Å². The molecule has 5 rings (SSSR count). The van der Waals surface area contributed by atoms with E-state index >= 15 is 0 Å². The van der Waals surface area contributed by atoms with Gasteiger partial charge in [-0.3, -0.25) is 10.1 Å². The summed E-state index contributed by atoms with van der Waals surface area (Å²) in [7, 11) is 0. The number of carbonyl (C=O) groups excluding carboxylic acids is 2. The van der Waals surface area contributed by atoms with Gasteiger partial charge in [0.25, 0.3) is 0 Å². The van der Waals surface area contributed by atoms with Gasteiger partial charge in [0.1, 0.15) is 11.9 Å². The van der Waals surface area contributed by atoms with E-state index in [1.54, 1.807) is 48.5 Å². The highest BCUT2D eigenvalue weighted by Gasteiger charge is 2.20. The molecule has 0 heterocycles. The number of benzene rings is 5. The number of phenols is 1. The minimum Gasteiger partial charge on any atom is -0.507 e. The van der Waals surface area contributed by atoms with Crippen LogP contribution in [0.4, 0.5) is 21.9 Å². The van der Waals surface area contributed by atoms with Crippen LogP contribution in [0.25, 0.3) is 21.5 Å². The first kappa shape index (κ1) is 25.4. The minimum atomic E-state index is -0.740. The second kappa shape index (κ2) is 11.4. The number of fused-ring (bicyclic) bond motifs is 2. The first-order chi connectivity index (χ1) is 19.0. The topological polar surface area (TPSA) is 114 Å². The van der Waals surface area contributed by atoms with Crippen molar-refractivity contribution in [2.24, 2.45) is 0 Å². The Bertz CT molecular complexity index is 1690. The van der Waals surface area contributed by atoms with Crippen molar-refractivity contribution < 1.29 is 19.4 Å². The molecule has 0 aliphatic carbocycles. The molecule has 5 N–H and O–H groups in total. The molecule has 0 fully saturated rings. The predicted molar refractivity (Wildman–Crippen MR) is 156 cm³/mol. The molecular weight excluding hydrogens is 490 g/mol. The molecule has 0 bridgehead atoms. The maximum Gasteiger partial charge on any atom is 0.412 e. The number of anilines is 3. The smallest absolute Gasteiger partial charge is 0.412 e. The van der Waals surface area contributed by atoms with Crippen molar-refractivity contribution in [3.05, 3.63) is 121 Å². The molecule has 0 aliphatic heterocycles. The standard InChI is InChI=1S/C32H27N3O4/c33-26-14-5-6-15-28(26)34-31(37)18-8-17-30(25-19-20-29(36)24-13-4-3-12-23(24)25)39-32(38)35-27-16-7-10-21-9-1-2-11-22(21)27/h1-16,18-20,30,36H,17,33H2,(H,34,37)(H,35,38)/b18-8+/t30-/m1/s1. The van der Waals surface area contributed by atoms with Gasteiger partial charge in [-0.05, 0) is 41.1 Å². The molecular formula is C32H27N3O4. The number of nitrogens with two attached hydrogens (primary N) is 1. The molecule has 39 heavy (non-hydrogen) atoms. The lowest BCUT2D eigenvalue weighted by Crippen LogP contribution is -2.18. The Balaban J connectivity index is 1.39.